The summed E-state index contributed by atoms with van der Waals surface area (Å²) in [6, 6.07) is 0.175. The predicted molar refractivity (Wildman–Crippen MR) is 74.9 cm³/mol. The molecule has 2 aliphatic heterocycles. The molecule has 0 aromatic carbocycles. The Bertz CT molecular complexity index is 384. The van der Waals surface area contributed by atoms with Crippen molar-refractivity contribution in [3.8, 4) is 0 Å². The predicted octanol–water partition coefficient (Wildman–Crippen LogP) is 1.73. The number of likely N-dealkylation sites (tertiary alicyclic amines) is 1. The second-order valence-corrected chi connectivity index (χ2v) is 6.01. The molecule has 1 atom stereocenters. The summed E-state index contributed by atoms with van der Waals surface area (Å²) < 4.78 is 0.621. The van der Waals surface area contributed by atoms with Gasteiger partial charge in [0.2, 0.25) is 0 Å². The smallest absolute Gasteiger partial charge is 0.253 e. The summed E-state index contributed by atoms with van der Waals surface area (Å²) in [5.74, 6) is -0.00400. The van der Waals surface area contributed by atoms with Gasteiger partial charge in [-0.05, 0) is 61.3 Å². The van der Waals surface area contributed by atoms with Crippen molar-refractivity contribution in [1.29, 1.82) is 0 Å². The number of aliphatic hydroxyl groups is 1. The number of aliphatic hydroxyl groups excluding tert-OH is 1. The highest BCUT2D eigenvalue weighted by atomic mass is 79.9. The van der Waals surface area contributed by atoms with E-state index in [-0.39, 0.29) is 24.0 Å². The van der Waals surface area contributed by atoms with Crippen molar-refractivity contribution in [2.75, 3.05) is 19.7 Å². The number of allylic oxidation sites excluding steroid dienone is 2. The van der Waals surface area contributed by atoms with Gasteiger partial charge in [-0.15, -0.1) is 0 Å². The molecule has 0 radical (unpaired) electrons. The van der Waals surface area contributed by atoms with Crippen LogP contribution in [-0.2, 0) is 4.79 Å². The average molecular weight is 315 g/mol. The van der Waals surface area contributed by atoms with Gasteiger partial charge in [-0.1, -0.05) is 6.08 Å². The molecule has 5 heteroatoms. The Hall–Kier alpha value is -0.520. The zero-order valence-corrected chi connectivity index (χ0v) is 12.2. The number of rotatable bonds is 2. The molecule has 2 rings (SSSR count). The zero-order valence-electron chi connectivity index (χ0n) is 10.6. The number of hydrogen-bond acceptors (Lipinski definition) is 3. The normalized spacial score (nSPS) is 25.9. The van der Waals surface area contributed by atoms with Crippen LogP contribution < -0.4 is 0 Å². The lowest BCUT2D eigenvalue weighted by molar-refractivity contribution is -0.130. The Morgan fingerprint density at radius 2 is 2.22 bits per heavy atom. The van der Waals surface area contributed by atoms with Gasteiger partial charge in [-0.25, -0.2) is 4.99 Å². The molecule has 1 amide bonds. The molecule has 100 valence electrons. The van der Waals surface area contributed by atoms with E-state index in [2.05, 4.69) is 25.8 Å². The quantitative estimate of drug-likeness (QED) is 0.844. The first-order valence-electron chi connectivity index (χ1n) is 6.37. The maximum absolute atomic E-state index is 12.2. The molecule has 1 N–H and O–H groups in total. The number of nitrogens with zero attached hydrogens (tertiary/aromatic N) is 2. The molecule has 0 saturated carbocycles. The second-order valence-electron chi connectivity index (χ2n) is 5.19. The molecule has 0 aliphatic carbocycles. The lowest BCUT2D eigenvalue weighted by atomic mass is 9.75. The summed E-state index contributed by atoms with van der Waals surface area (Å²) >= 11 is 3.27. The van der Waals surface area contributed by atoms with Crippen molar-refractivity contribution < 1.29 is 9.90 Å². The van der Waals surface area contributed by atoms with Gasteiger partial charge >= 0.3 is 0 Å². The first-order chi connectivity index (χ1) is 8.57. The topological polar surface area (TPSA) is 52.9 Å². The first-order valence-corrected chi connectivity index (χ1v) is 7.17. The van der Waals surface area contributed by atoms with Gasteiger partial charge in [0.1, 0.15) is 4.62 Å². The van der Waals surface area contributed by atoms with Crippen molar-refractivity contribution in [2.45, 2.75) is 32.2 Å². The highest BCUT2D eigenvalue weighted by Gasteiger charge is 2.41. The average Bonchev–Trinajstić information content (AvgIpc) is 2.50. The maximum atomic E-state index is 12.2. The number of carbonyl (C=O) groups is 1. The summed E-state index contributed by atoms with van der Waals surface area (Å²) in [6.45, 7) is 3.90. The van der Waals surface area contributed by atoms with Crippen LogP contribution in [-0.4, -0.2) is 46.3 Å². The summed E-state index contributed by atoms with van der Waals surface area (Å²) in [6.07, 6.45) is 6.30. The molecule has 0 bridgehead atoms. The van der Waals surface area contributed by atoms with Crippen molar-refractivity contribution in [3.05, 3.63) is 12.2 Å². The van der Waals surface area contributed by atoms with Gasteiger partial charge in [0.05, 0.1) is 12.0 Å². The van der Waals surface area contributed by atoms with Crippen LogP contribution in [0, 0.1) is 5.41 Å². The van der Waals surface area contributed by atoms with Gasteiger partial charge in [0, 0.05) is 6.04 Å². The molecular formula is C13H19BrN2O2. The van der Waals surface area contributed by atoms with Crippen LogP contribution in [0.15, 0.2) is 17.1 Å². The Balaban J connectivity index is 2.07. The molecule has 0 aromatic rings. The molecule has 2 heterocycles. The lowest BCUT2D eigenvalue weighted by Gasteiger charge is -2.40. The number of amides is 1. The molecule has 2 aliphatic rings. The lowest BCUT2D eigenvalue weighted by Crippen LogP contribution is -2.47. The van der Waals surface area contributed by atoms with Gasteiger partial charge in [0.25, 0.3) is 5.91 Å². The van der Waals surface area contributed by atoms with Crippen LogP contribution in [0.5, 0.6) is 0 Å². The summed E-state index contributed by atoms with van der Waals surface area (Å²) in [7, 11) is 0. The third-order valence-electron chi connectivity index (χ3n) is 4.07. The monoisotopic (exact) mass is 314 g/mol. The standard InChI is InChI=1S/C13H19BrN2O2/c1-10(9-17)16-7-5-13(6-8-16)4-2-3-11(14)15-12(13)18/h2-3,10,17H,4-9H2,1H3/t10-/m1/s1. The van der Waals surface area contributed by atoms with Gasteiger partial charge in [-0.2, -0.15) is 0 Å². The molecule has 1 spiro atoms. The Morgan fingerprint density at radius 1 is 1.56 bits per heavy atom. The summed E-state index contributed by atoms with van der Waals surface area (Å²) in [5.41, 5.74) is -0.322. The molecule has 1 fully saturated rings. The number of hydrogen-bond donors (Lipinski definition) is 1. The van der Waals surface area contributed by atoms with Crippen LogP contribution >= 0.6 is 15.9 Å². The SMILES string of the molecule is C[C@H](CO)N1CCC2(CC=CC(Br)=NC2=O)CC1. The van der Waals surface area contributed by atoms with E-state index in [1.54, 1.807) is 0 Å². The Kier molecular flexibility index (Phi) is 4.35. The van der Waals surface area contributed by atoms with E-state index in [0.29, 0.717) is 4.62 Å². The van der Waals surface area contributed by atoms with E-state index in [0.717, 1.165) is 32.4 Å². The molecule has 0 unspecified atom stereocenters. The first kappa shape index (κ1) is 13.9. The number of carbonyl (C=O) groups excluding carboxylic acids is 1. The molecule has 18 heavy (non-hydrogen) atoms. The third-order valence-corrected chi connectivity index (χ3v) is 4.51. The van der Waals surface area contributed by atoms with E-state index >= 15 is 0 Å². The van der Waals surface area contributed by atoms with Crippen LogP contribution in [0.3, 0.4) is 0 Å². The summed E-state index contributed by atoms with van der Waals surface area (Å²) in [5, 5.41) is 9.17. The fourth-order valence-corrected chi connectivity index (χ4v) is 3.00. The Morgan fingerprint density at radius 3 is 2.83 bits per heavy atom. The largest absolute Gasteiger partial charge is 0.395 e. The molecule has 1 saturated heterocycles. The van der Waals surface area contributed by atoms with Gasteiger partial charge < -0.3 is 5.11 Å². The van der Waals surface area contributed by atoms with Crippen LogP contribution in [0.4, 0.5) is 0 Å². The fourth-order valence-electron chi connectivity index (χ4n) is 2.65. The van der Waals surface area contributed by atoms with E-state index < -0.39 is 0 Å². The molecule has 0 aromatic heterocycles. The van der Waals surface area contributed by atoms with Crippen LogP contribution in [0.25, 0.3) is 0 Å². The molecular weight excluding hydrogens is 296 g/mol. The van der Waals surface area contributed by atoms with Gasteiger partial charge in [-0.3, -0.25) is 9.69 Å². The highest BCUT2D eigenvalue weighted by Crippen LogP contribution is 2.38. The third kappa shape index (κ3) is 2.73. The minimum absolute atomic E-state index is 0.00400. The van der Waals surface area contributed by atoms with E-state index in [9.17, 15) is 9.90 Å². The number of piperidine rings is 1. The number of aliphatic imine (C=N–C) groups is 1. The van der Waals surface area contributed by atoms with E-state index in [1.165, 1.54) is 0 Å². The minimum atomic E-state index is -0.322. The fraction of sp³-hybridized carbons (Fsp3) is 0.692. The second kappa shape index (κ2) is 5.63. The highest BCUT2D eigenvalue weighted by molar-refractivity contribution is 9.18. The van der Waals surface area contributed by atoms with Crippen molar-refractivity contribution in [1.82, 2.24) is 4.90 Å². The zero-order chi connectivity index (χ0) is 13.2. The van der Waals surface area contributed by atoms with Crippen LogP contribution in [0.2, 0.25) is 0 Å². The van der Waals surface area contributed by atoms with E-state index in [4.69, 9.17) is 0 Å². The molecule has 4 nitrogen and oxygen atoms in total. The van der Waals surface area contributed by atoms with Crippen molar-refractivity contribution >= 4 is 26.5 Å². The van der Waals surface area contributed by atoms with Crippen LogP contribution in [0.1, 0.15) is 26.2 Å². The Labute approximate surface area is 116 Å². The maximum Gasteiger partial charge on any atom is 0.253 e. The van der Waals surface area contributed by atoms with Crippen molar-refractivity contribution in [3.63, 3.8) is 0 Å². The minimum Gasteiger partial charge on any atom is -0.395 e. The van der Waals surface area contributed by atoms with Crippen molar-refractivity contribution in [2.24, 2.45) is 10.4 Å². The van der Waals surface area contributed by atoms with E-state index in [1.807, 2.05) is 19.1 Å². The van der Waals surface area contributed by atoms with Gasteiger partial charge in [0.15, 0.2) is 0 Å². The summed E-state index contributed by atoms with van der Waals surface area (Å²) in [4.78, 5) is 18.5. The number of halogens is 1.